The van der Waals surface area contributed by atoms with Crippen LogP contribution in [0.1, 0.15) is 23.2 Å². The summed E-state index contributed by atoms with van der Waals surface area (Å²) < 4.78 is 0. The van der Waals surface area contributed by atoms with E-state index in [1.807, 2.05) is 6.20 Å². The van der Waals surface area contributed by atoms with Crippen LogP contribution in [0.3, 0.4) is 0 Å². The van der Waals surface area contributed by atoms with Gasteiger partial charge in [-0.1, -0.05) is 0 Å². The Morgan fingerprint density at radius 1 is 1.38 bits per heavy atom. The Bertz CT molecular complexity index is 398. The van der Waals surface area contributed by atoms with Crippen LogP contribution >= 0.6 is 0 Å². The summed E-state index contributed by atoms with van der Waals surface area (Å²) in [4.78, 5) is 15.5. The summed E-state index contributed by atoms with van der Waals surface area (Å²) in [5, 5.41) is 2.92. The molecule has 1 amide bonds. The van der Waals surface area contributed by atoms with Crippen molar-refractivity contribution in [2.75, 3.05) is 5.32 Å². The number of rotatable bonds is 0. The summed E-state index contributed by atoms with van der Waals surface area (Å²) in [5.41, 5.74) is 4.60. The molecular formula is C10H10N2O. The fraction of sp³-hybridized carbons (Fsp3) is 0.400. The molecular weight excluding hydrogens is 164 g/mol. The molecule has 0 bridgehead atoms. The highest BCUT2D eigenvalue weighted by molar-refractivity contribution is 6.00. The number of carbonyl (C=O) groups is 1. The summed E-state index contributed by atoms with van der Waals surface area (Å²) in [7, 11) is 0. The molecule has 13 heavy (non-hydrogen) atoms. The summed E-state index contributed by atoms with van der Waals surface area (Å²) in [6.45, 7) is 0. The highest BCUT2D eigenvalue weighted by Crippen LogP contribution is 2.33. The van der Waals surface area contributed by atoms with Crippen LogP contribution in [0.2, 0.25) is 0 Å². The number of carbonyl (C=O) groups excluding carboxylic acids is 1. The third-order valence-corrected chi connectivity index (χ3v) is 2.80. The molecule has 3 nitrogen and oxygen atoms in total. The Balaban J connectivity index is 2.21. The maximum atomic E-state index is 11.2. The predicted octanol–water partition coefficient (Wildman–Crippen LogP) is 1.06. The molecule has 0 aromatic carbocycles. The van der Waals surface area contributed by atoms with Crippen LogP contribution in [-0.2, 0) is 24.1 Å². The first-order chi connectivity index (χ1) is 6.34. The molecule has 0 saturated heterocycles. The number of nitrogens with one attached hydrogen (secondary N) is 1. The van der Waals surface area contributed by atoms with Gasteiger partial charge in [-0.2, -0.15) is 0 Å². The molecule has 3 heteroatoms. The first-order valence-corrected chi connectivity index (χ1v) is 4.64. The normalized spacial score (nSPS) is 18.3. The van der Waals surface area contributed by atoms with Gasteiger partial charge in [0.25, 0.3) is 0 Å². The van der Waals surface area contributed by atoms with E-state index in [0.29, 0.717) is 6.42 Å². The molecule has 2 aliphatic rings. The number of anilines is 1. The standard InChI is InChI=1S/C10H10N2O/c13-9-4-6-5-11-8-3-1-2-7(8)10(6)12-9/h5H,1-4H2,(H,12,13). The van der Waals surface area contributed by atoms with Gasteiger partial charge in [-0.3, -0.25) is 9.78 Å². The molecule has 1 aromatic heterocycles. The molecule has 0 spiro atoms. The lowest BCUT2D eigenvalue weighted by atomic mass is 10.1. The molecule has 1 aliphatic carbocycles. The molecule has 3 rings (SSSR count). The van der Waals surface area contributed by atoms with E-state index >= 15 is 0 Å². The second-order valence-electron chi connectivity index (χ2n) is 3.66. The fourth-order valence-corrected chi connectivity index (χ4v) is 2.20. The largest absolute Gasteiger partial charge is 0.325 e. The van der Waals surface area contributed by atoms with E-state index in [4.69, 9.17) is 0 Å². The van der Waals surface area contributed by atoms with Crippen LogP contribution in [0.15, 0.2) is 6.20 Å². The molecule has 1 aromatic rings. The Morgan fingerprint density at radius 2 is 2.31 bits per heavy atom. The molecule has 0 saturated carbocycles. The summed E-state index contributed by atoms with van der Waals surface area (Å²) in [5.74, 6) is 0.108. The minimum atomic E-state index is 0.108. The van der Waals surface area contributed by atoms with Crippen molar-refractivity contribution in [1.82, 2.24) is 4.98 Å². The maximum Gasteiger partial charge on any atom is 0.228 e. The van der Waals surface area contributed by atoms with Crippen molar-refractivity contribution in [2.45, 2.75) is 25.7 Å². The van der Waals surface area contributed by atoms with E-state index in [0.717, 1.165) is 24.1 Å². The Morgan fingerprint density at radius 3 is 3.23 bits per heavy atom. The van der Waals surface area contributed by atoms with Crippen LogP contribution in [0.25, 0.3) is 0 Å². The minimum absolute atomic E-state index is 0.108. The summed E-state index contributed by atoms with van der Waals surface area (Å²) >= 11 is 0. The van der Waals surface area contributed by atoms with E-state index in [1.165, 1.54) is 17.7 Å². The molecule has 66 valence electrons. The van der Waals surface area contributed by atoms with Gasteiger partial charge in [-0.15, -0.1) is 0 Å². The number of aromatic nitrogens is 1. The summed E-state index contributed by atoms with van der Waals surface area (Å²) in [6, 6.07) is 0. The van der Waals surface area contributed by atoms with Crippen LogP contribution in [0.5, 0.6) is 0 Å². The second kappa shape index (κ2) is 2.31. The third kappa shape index (κ3) is 0.899. The van der Waals surface area contributed by atoms with Gasteiger partial charge in [0.1, 0.15) is 0 Å². The number of aryl methyl sites for hydroxylation is 1. The lowest BCUT2D eigenvalue weighted by Gasteiger charge is -2.04. The number of nitrogens with zero attached hydrogens (tertiary/aromatic N) is 1. The van der Waals surface area contributed by atoms with Crippen molar-refractivity contribution in [1.29, 1.82) is 0 Å². The summed E-state index contributed by atoms with van der Waals surface area (Å²) in [6.07, 6.45) is 5.67. The molecule has 0 radical (unpaired) electrons. The van der Waals surface area contributed by atoms with Crippen molar-refractivity contribution in [3.63, 3.8) is 0 Å². The van der Waals surface area contributed by atoms with Crippen LogP contribution < -0.4 is 5.32 Å². The number of hydrogen-bond acceptors (Lipinski definition) is 2. The zero-order valence-electron chi connectivity index (χ0n) is 7.26. The number of pyridine rings is 1. The second-order valence-corrected chi connectivity index (χ2v) is 3.66. The quantitative estimate of drug-likeness (QED) is 0.639. The molecule has 0 unspecified atom stereocenters. The van der Waals surface area contributed by atoms with Gasteiger partial charge in [0, 0.05) is 17.5 Å². The molecule has 0 fully saturated rings. The molecule has 1 aliphatic heterocycles. The zero-order chi connectivity index (χ0) is 8.84. The third-order valence-electron chi connectivity index (χ3n) is 2.80. The van der Waals surface area contributed by atoms with E-state index in [2.05, 4.69) is 10.3 Å². The zero-order valence-corrected chi connectivity index (χ0v) is 7.26. The van der Waals surface area contributed by atoms with Crippen molar-refractivity contribution in [3.05, 3.63) is 23.0 Å². The van der Waals surface area contributed by atoms with E-state index in [-0.39, 0.29) is 5.91 Å². The van der Waals surface area contributed by atoms with Gasteiger partial charge >= 0.3 is 0 Å². The first-order valence-electron chi connectivity index (χ1n) is 4.64. The first kappa shape index (κ1) is 7.06. The average Bonchev–Trinajstić information content (AvgIpc) is 2.65. The minimum Gasteiger partial charge on any atom is -0.325 e. The van der Waals surface area contributed by atoms with Crippen molar-refractivity contribution >= 4 is 11.6 Å². The number of hydrogen-bond donors (Lipinski definition) is 1. The van der Waals surface area contributed by atoms with Gasteiger partial charge in [-0.05, 0) is 24.8 Å². The van der Waals surface area contributed by atoms with Crippen LogP contribution in [0.4, 0.5) is 5.69 Å². The van der Waals surface area contributed by atoms with E-state index in [1.54, 1.807) is 0 Å². The topological polar surface area (TPSA) is 42.0 Å². The van der Waals surface area contributed by atoms with Crippen molar-refractivity contribution in [3.8, 4) is 0 Å². The van der Waals surface area contributed by atoms with E-state index < -0.39 is 0 Å². The number of amides is 1. The maximum absolute atomic E-state index is 11.2. The number of fused-ring (bicyclic) bond motifs is 3. The highest BCUT2D eigenvalue weighted by atomic mass is 16.1. The Kier molecular flexibility index (Phi) is 1.26. The van der Waals surface area contributed by atoms with Gasteiger partial charge in [0.15, 0.2) is 0 Å². The average molecular weight is 174 g/mol. The van der Waals surface area contributed by atoms with Gasteiger partial charge in [-0.25, -0.2) is 0 Å². The van der Waals surface area contributed by atoms with Gasteiger partial charge in [0.05, 0.1) is 12.1 Å². The van der Waals surface area contributed by atoms with E-state index in [9.17, 15) is 4.79 Å². The van der Waals surface area contributed by atoms with Gasteiger partial charge < -0.3 is 5.32 Å². The van der Waals surface area contributed by atoms with Gasteiger partial charge in [0.2, 0.25) is 5.91 Å². The Hall–Kier alpha value is -1.38. The van der Waals surface area contributed by atoms with Crippen molar-refractivity contribution < 1.29 is 4.79 Å². The predicted molar refractivity (Wildman–Crippen MR) is 48.6 cm³/mol. The lowest BCUT2D eigenvalue weighted by Crippen LogP contribution is -2.04. The Labute approximate surface area is 76.2 Å². The van der Waals surface area contributed by atoms with Crippen LogP contribution in [-0.4, -0.2) is 10.9 Å². The fourth-order valence-electron chi connectivity index (χ4n) is 2.20. The molecule has 1 N–H and O–H groups in total. The van der Waals surface area contributed by atoms with Crippen LogP contribution in [0, 0.1) is 0 Å². The lowest BCUT2D eigenvalue weighted by molar-refractivity contribution is -0.115. The monoisotopic (exact) mass is 174 g/mol. The molecule has 2 heterocycles. The smallest absolute Gasteiger partial charge is 0.228 e. The highest BCUT2D eigenvalue weighted by Gasteiger charge is 2.25. The molecule has 0 atom stereocenters. The SMILES string of the molecule is O=C1Cc2cnc3c(c2N1)CCC3. The van der Waals surface area contributed by atoms with Crippen molar-refractivity contribution in [2.24, 2.45) is 0 Å².